The fourth-order valence-corrected chi connectivity index (χ4v) is 2.34. The third kappa shape index (κ3) is 3.28. The molecule has 0 saturated heterocycles. The highest BCUT2D eigenvalue weighted by Crippen LogP contribution is 2.31. The van der Waals surface area contributed by atoms with E-state index in [0.29, 0.717) is 17.8 Å². The van der Waals surface area contributed by atoms with Crippen molar-refractivity contribution in [3.63, 3.8) is 0 Å². The van der Waals surface area contributed by atoms with Crippen LogP contribution in [0, 0.1) is 0 Å². The van der Waals surface area contributed by atoms with Gasteiger partial charge < -0.3 is 9.64 Å². The molecule has 1 aliphatic rings. The molecule has 2 aromatic rings. The molecule has 0 fully saturated rings. The molecule has 7 heteroatoms. The molecule has 0 aliphatic carbocycles. The van der Waals surface area contributed by atoms with Crippen LogP contribution >= 0.6 is 0 Å². The SMILES string of the molecule is [2H]c1cncc2c1OCCN2C(=O)Cc1ccc(C(F)(F)F)cc1. The summed E-state index contributed by atoms with van der Waals surface area (Å²) >= 11 is 0. The number of benzene rings is 1. The summed E-state index contributed by atoms with van der Waals surface area (Å²) in [7, 11) is 0. The molecular weight excluding hydrogens is 309 g/mol. The maximum atomic E-state index is 12.6. The zero-order valence-electron chi connectivity index (χ0n) is 12.9. The molecule has 0 atom stereocenters. The number of carbonyl (C=O) groups is 1. The number of nitrogens with zero attached hydrogens (tertiary/aromatic N) is 2. The quantitative estimate of drug-likeness (QED) is 0.853. The fourth-order valence-electron chi connectivity index (χ4n) is 2.34. The molecule has 0 unspecified atom stereocenters. The van der Waals surface area contributed by atoms with Crippen molar-refractivity contribution in [3.8, 4) is 5.75 Å². The van der Waals surface area contributed by atoms with Crippen LogP contribution in [0.4, 0.5) is 18.9 Å². The highest BCUT2D eigenvalue weighted by molar-refractivity contribution is 5.96. The molecule has 4 nitrogen and oxygen atoms in total. The predicted octanol–water partition coefficient (Wildman–Crippen LogP) is 3.07. The largest absolute Gasteiger partial charge is 0.489 e. The number of alkyl halides is 3. The maximum Gasteiger partial charge on any atom is 0.416 e. The highest BCUT2D eigenvalue weighted by atomic mass is 19.4. The topological polar surface area (TPSA) is 42.4 Å². The second-order valence-electron chi connectivity index (χ2n) is 5.03. The zero-order valence-corrected chi connectivity index (χ0v) is 11.9. The third-order valence-electron chi connectivity index (χ3n) is 3.49. The van der Waals surface area contributed by atoms with Crippen LogP contribution in [0.25, 0.3) is 0 Å². The van der Waals surface area contributed by atoms with E-state index in [9.17, 15) is 18.0 Å². The highest BCUT2D eigenvalue weighted by Gasteiger charge is 2.30. The number of amides is 1. The molecule has 0 spiro atoms. The summed E-state index contributed by atoms with van der Waals surface area (Å²) in [5.41, 5.74) is 0.139. The van der Waals surface area contributed by atoms with Crippen molar-refractivity contribution in [1.82, 2.24) is 4.98 Å². The van der Waals surface area contributed by atoms with Gasteiger partial charge in [0.2, 0.25) is 5.91 Å². The van der Waals surface area contributed by atoms with Crippen LogP contribution < -0.4 is 9.64 Å². The number of fused-ring (bicyclic) bond motifs is 1. The molecule has 120 valence electrons. The van der Waals surface area contributed by atoms with Crippen molar-refractivity contribution in [2.45, 2.75) is 12.6 Å². The number of aromatic nitrogens is 1. The van der Waals surface area contributed by atoms with Crippen LogP contribution in [0.1, 0.15) is 12.5 Å². The zero-order chi connectivity index (χ0) is 17.3. The molecule has 1 amide bonds. The Morgan fingerprint density at radius 3 is 2.78 bits per heavy atom. The number of rotatable bonds is 2. The fraction of sp³-hybridized carbons (Fsp3) is 0.250. The number of pyridine rings is 1. The van der Waals surface area contributed by atoms with Gasteiger partial charge in [-0.25, -0.2) is 0 Å². The average Bonchev–Trinajstić information content (AvgIpc) is 2.54. The Labute approximate surface area is 131 Å². The van der Waals surface area contributed by atoms with Crippen LogP contribution in [-0.2, 0) is 17.4 Å². The molecule has 2 heterocycles. The number of hydrogen-bond donors (Lipinski definition) is 0. The van der Waals surface area contributed by atoms with E-state index >= 15 is 0 Å². The molecule has 1 aromatic carbocycles. The number of halogens is 3. The van der Waals surface area contributed by atoms with Crippen LogP contribution in [0.3, 0.4) is 0 Å². The van der Waals surface area contributed by atoms with E-state index in [1.54, 1.807) is 0 Å². The normalized spacial score (nSPS) is 14.7. The van der Waals surface area contributed by atoms with Crippen LogP contribution in [-0.4, -0.2) is 24.0 Å². The van der Waals surface area contributed by atoms with E-state index in [2.05, 4.69) is 4.98 Å². The van der Waals surface area contributed by atoms with E-state index in [-0.39, 0.29) is 30.7 Å². The summed E-state index contributed by atoms with van der Waals surface area (Å²) in [6.45, 7) is 0.555. The van der Waals surface area contributed by atoms with E-state index in [1.165, 1.54) is 29.4 Å². The second-order valence-corrected chi connectivity index (χ2v) is 5.03. The summed E-state index contributed by atoms with van der Waals surface area (Å²) in [6.07, 6.45) is -1.68. The minimum absolute atomic E-state index is 0.0419. The van der Waals surface area contributed by atoms with Gasteiger partial charge >= 0.3 is 6.18 Å². The van der Waals surface area contributed by atoms with Gasteiger partial charge in [0, 0.05) is 12.2 Å². The smallest absolute Gasteiger partial charge is 0.416 e. The Kier molecular flexibility index (Phi) is 3.61. The first-order chi connectivity index (χ1) is 11.4. The van der Waals surface area contributed by atoms with Crippen LogP contribution in [0.15, 0.2) is 42.7 Å². The van der Waals surface area contributed by atoms with Gasteiger partial charge in [-0.05, 0) is 17.7 Å². The number of carbonyl (C=O) groups excluding carboxylic acids is 1. The Bertz CT molecular complexity index is 763. The second kappa shape index (κ2) is 5.91. The van der Waals surface area contributed by atoms with E-state index in [0.717, 1.165) is 12.1 Å². The first kappa shape index (κ1) is 14.0. The van der Waals surface area contributed by atoms with Gasteiger partial charge in [0.05, 0.1) is 26.1 Å². The van der Waals surface area contributed by atoms with Gasteiger partial charge in [0.1, 0.15) is 18.0 Å². The van der Waals surface area contributed by atoms with E-state index in [4.69, 9.17) is 6.11 Å². The van der Waals surface area contributed by atoms with Gasteiger partial charge in [0.15, 0.2) is 0 Å². The van der Waals surface area contributed by atoms with Gasteiger partial charge in [0.25, 0.3) is 0 Å². The van der Waals surface area contributed by atoms with Gasteiger partial charge in [-0.15, -0.1) is 0 Å². The van der Waals surface area contributed by atoms with E-state index < -0.39 is 11.7 Å². The lowest BCUT2D eigenvalue weighted by atomic mass is 10.1. The lowest BCUT2D eigenvalue weighted by Gasteiger charge is -2.29. The Morgan fingerprint density at radius 2 is 2.09 bits per heavy atom. The summed E-state index contributed by atoms with van der Waals surface area (Å²) in [4.78, 5) is 17.8. The Hall–Kier alpha value is -2.57. The Morgan fingerprint density at radius 1 is 1.35 bits per heavy atom. The lowest BCUT2D eigenvalue weighted by Crippen LogP contribution is -2.38. The van der Waals surface area contributed by atoms with Crippen LogP contribution in [0.5, 0.6) is 5.75 Å². The summed E-state index contributed by atoms with van der Waals surface area (Å²) in [5.74, 6) is 0.00345. The summed E-state index contributed by atoms with van der Waals surface area (Å²) in [6, 6.07) is 4.58. The first-order valence-electron chi connectivity index (χ1n) is 7.40. The predicted molar refractivity (Wildman–Crippen MR) is 77.2 cm³/mol. The lowest BCUT2D eigenvalue weighted by molar-refractivity contribution is -0.137. The maximum absolute atomic E-state index is 12.6. The number of hydrogen-bond acceptors (Lipinski definition) is 3. The molecule has 23 heavy (non-hydrogen) atoms. The van der Waals surface area contributed by atoms with Crippen molar-refractivity contribution in [3.05, 3.63) is 53.8 Å². The molecule has 1 aliphatic heterocycles. The molecular formula is C16H13F3N2O2. The van der Waals surface area contributed by atoms with Crippen molar-refractivity contribution in [1.29, 1.82) is 0 Å². The third-order valence-corrected chi connectivity index (χ3v) is 3.49. The number of anilines is 1. The molecule has 0 saturated carbocycles. The summed E-state index contributed by atoms with van der Waals surface area (Å²) < 4.78 is 50.8. The monoisotopic (exact) mass is 323 g/mol. The van der Waals surface area contributed by atoms with Crippen LogP contribution in [0.2, 0.25) is 0 Å². The molecule has 0 N–H and O–H groups in total. The molecule has 1 aromatic heterocycles. The summed E-state index contributed by atoms with van der Waals surface area (Å²) in [5, 5.41) is 0. The average molecular weight is 323 g/mol. The van der Waals surface area contributed by atoms with Gasteiger partial charge in [-0.2, -0.15) is 13.2 Å². The molecule has 3 rings (SSSR count). The van der Waals surface area contributed by atoms with Crippen molar-refractivity contribution in [2.24, 2.45) is 0 Å². The van der Waals surface area contributed by atoms with Crippen molar-refractivity contribution in [2.75, 3.05) is 18.1 Å². The van der Waals surface area contributed by atoms with E-state index in [1.807, 2.05) is 0 Å². The van der Waals surface area contributed by atoms with Gasteiger partial charge in [-0.3, -0.25) is 9.78 Å². The van der Waals surface area contributed by atoms with Crippen molar-refractivity contribution >= 4 is 11.6 Å². The van der Waals surface area contributed by atoms with Gasteiger partial charge in [-0.1, -0.05) is 12.1 Å². The van der Waals surface area contributed by atoms with Crippen molar-refractivity contribution < 1.29 is 24.1 Å². The first-order valence-corrected chi connectivity index (χ1v) is 6.90. The standard InChI is InChI=1S/C16H13F3N2O2/c17-16(18,19)12-3-1-11(2-4-12)9-15(22)21-7-8-23-14-5-6-20-10-13(14)21/h1-6,10H,7-9H2/i5D. The Balaban J connectivity index is 1.78. The minimum atomic E-state index is -4.40. The molecule has 0 radical (unpaired) electrons. The minimum Gasteiger partial charge on any atom is -0.489 e. The molecule has 0 bridgehead atoms. The number of ether oxygens (including phenoxy) is 1.